The maximum Gasteiger partial charge on any atom is 0.391 e. The first kappa shape index (κ1) is 8.90. The van der Waals surface area contributed by atoms with Crippen LogP contribution < -0.4 is 10.3 Å². The predicted octanol–water partition coefficient (Wildman–Crippen LogP) is 0.977. The average Bonchev–Trinajstić information content (AvgIpc) is 2.97. The number of hydrogen-bond donors (Lipinski definition) is 2. The van der Waals surface area contributed by atoms with Gasteiger partial charge in [-0.25, -0.2) is 9.97 Å². The lowest BCUT2D eigenvalue weighted by Crippen LogP contribution is -2.14. The summed E-state index contributed by atoms with van der Waals surface area (Å²) in [6, 6.07) is 3.76. The lowest BCUT2D eigenvalue weighted by molar-refractivity contribution is -0.363. The van der Waals surface area contributed by atoms with Gasteiger partial charge in [-0.1, -0.05) is 0 Å². The van der Waals surface area contributed by atoms with E-state index in [0.717, 1.165) is 11.3 Å². The van der Waals surface area contributed by atoms with Crippen LogP contribution in [0.25, 0.3) is 11.2 Å². The van der Waals surface area contributed by atoms with Gasteiger partial charge in [0, 0.05) is 0 Å². The van der Waals surface area contributed by atoms with Crippen molar-refractivity contribution in [3.05, 3.63) is 36.7 Å². The quantitative estimate of drug-likeness (QED) is 0.683. The lowest BCUT2D eigenvalue weighted by Gasteiger charge is -1.94. The molecule has 80 valence electrons. The highest BCUT2D eigenvalue weighted by Gasteiger charge is 2.09. The highest BCUT2D eigenvalue weighted by Crippen LogP contribution is 2.06. The number of H-pyrrole nitrogens is 2. The second-order valence-corrected chi connectivity index (χ2v) is 3.32. The summed E-state index contributed by atoms with van der Waals surface area (Å²) in [6.45, 7) is 0.590. The van der Waals surface area contributed by atoms with Gasteiger partial charge in [0.15, 0.2) is 0 Å². The summed E-state index contributed by atoms with van der Waals surface area (Å²) < 4.78 is 5.20. The molecule has 3 N–H and O–H groups in total. The molecule has 0 radical (unpaired) electrons. The zero-order valence-corrected chi connectivity index (χ0v) is 8.40. The van der Waals surface area contributed by atoms with Crippen molar-refractivity contribution in [2.24, 2.45) is 0 Å². The zero-order chi connectivity index (χ0) is 10.8. The Morgan fingerprint density at radius 3 is 3.38 bits per heavy atom. The van der Waals surface area contributed by atoms with Gasteiger partial charge in [0.2, 0.25) is 0 Å². The molecule has 0 unspecified atom stereocenters. The molecule has 0 saturated carbocycles. The normalized spacial score (nSPS) is 10.8. The minimum atomic E-state index is 0.590. The fourth-order valence-electron chi connectivity index (χ4n) is 1.45. The lowest BCUT2D eigenvalue weighted by atomic mass is 10.4. The number of anilines is 1. The van der Waals surface area contributed by atoms with E-state index in [4.69, 9.17) is 4.42 Å². The molecule has 0 aliphatic carbocycles. The Morgan fingerprint density at radius 1 is 1.50 bits per heavy atom. The van der Waals surface area contributed by atoms with Crippen LogP contribution in [0.15, 0.2) is 35.3 Å². The Morgan fingerprint density at radius 2 is 2.50 bits per heavy atom. The molecule has 16 heavy (non-hydrogen) atoms. The number of nitrogens with zero attached hydrogens (tertiary/aromatic N) is 2. The summed E-state index contributed by atoms with van der Waals surface area (Å²) in [5.74, 6) is 1.52. The number of rotatable bonds is 3. The van der Waals surface area contributed by atoms with Crippen LogP contribution in [0.4, 0.5) is 5.95 Å². The Labute approximate surface area is 90.7 Å². The van der Waals surface area contributed by atoms with E-state index in [1.54, 1.807) is 12.6 Å². The van der Waals surface area contributed by atoms with Crippen molar-refractivity contribution in [1.29, 1.82) is 0 Å². The maximum atomic E-state index is 5.20. The number of aromatic amines is 2. The van der Waals surface area contributed by atoms with Crippen molar-refractivity contribution in [2.75, 3.05) is 5.32 Å². The summed E-state index contributed by atoms with van der Waals surface area (Å²) in [5, 5.41) is 3.11. The number of nitrogens with one attached hydrogen (secondary N) is 3. The summed E-state index contributed by atoms with van der Waals surface area (Å²) in [4.78, 5) is 14.3. The molecule has 0 amide bonds. The largest absolute Gasteiger partial charge is 0.466 e. The van der Waals surface area contributed by atoms with E-state index in [-0.39, 0.29) is 0 Å². The van der Waals surface area contributed by atoms with E-state index in [2.05, 4.69) is 25.3 Å². The SMILES string of the molecule is c1coc(CNc2nc3nc[nH]c3c[nH+]2)c1. The van der Waals surface area contributed by atoms with Gasteiger partial charge in [-0.05, 0) is 17.1 Å². The van der Waals surface area contributed by atoms with E-state index in [1.165, 1.54) is 0 Å². The van der Waals surface area contributed by atoms with Gasteiger partial charge in [-0.2, -0.15) is 0 Å². The number of fused-ring (bicyclic) bond motifs is 1. The summed E-state index contributed by atoms with van der Waals surface area (Å²) >= 11 is 0. The molecule has 0 aliphatic heterocycles. The van der Waals surface area contributed by atoms with Crippen molar-refractivity contribution in [2.45, 2.75) is 6.54 Å². The Balaban J connectivity index is 1.78. The molecule has 3 aromatic heterocycles. The van der Waals surface area contributed by atoms with Crippen molar-refractivity contribution in [1.82, 2.24) is 15.0 Å². The van der Waals surface area contributed by atoms with Gasteiger partial charge >= 0.3 is 5.95 Å². The standard InChI is InChI=1S/C10H9N5O/c1-2-7(16-3-1)4-11-10-12-5-8-9(15-10)14-6-13-8/h1-3,5-6H,4H2,(H2,11,12,13,14,15)/p+1. The molecule has 0 aromatic carbocycles. The monoisotopic (exact) mass is 216 g/mol. The van der Waals surface area contributed by atoms with Crippen LogP contribution in [0.5, 0.6) is 0 Å². The number of aromatic nitrogens is 4. The molecule has 0 atom stereocenters. The van der Waals surface area contributed by atoms with Crippen LogP contribution >= 0.6 is 0 Å². The van der Waals surface area contributed by atoms with E-state index in [0.29, 0.717) is 18.1 Å². The van der Waals surface area contributed by atoms with Crippen LogP contribution in [0.2, 0.25) is 0 Å². The smallest absolute Gasteiger partial charge is 0.391 e. The third-order valence-electron chi connectivity index (χ3n) is 2.23. The van der Waals surface area contributed by atoms with Gasteiger partial charge in [-0.3, -0.25) is 5.32 Å². The molecule has 0 fully saturated rings. The molecular weight excluding hydrogens is 206 g/mol. The zero-order valence-electron chi connectivity index (χ0n) is 8.40. The molecule has 0 saturated heterocycles. The van der Waals surface area contributed by atoms with Gasteiger partial charge in [-0.15, -0.1) is 0 Å². The molecular formula is C10H10N5O+. The molecule has 0 aliphatic rings. The third kappa shape index (κ3) is 1.60. The number of imidazole rings is 1. The summed E-state index contributed by atoms with van der Waals surface area (Å²) in [5.41, 5.74) is 1.56. The Bertz CT molecular complexity index is 586. The van der Waals surface area contributed by atoms with Crippen molar-refractivity contribution in [3.63, 3.8) is 0 Å². The molecule has 3 rings (SSSR count). The molecule has 0 spiro atoms. The van der Waals surface area contributed by atoms with Crippen molar-refractivity contribution in [3.8, 4) is 0 Å². The van der Waals surface area contributed by atoms with Crippen LogP contribution in [0.1, 0.15) is 5.76 Å². The van der Waals surface area contributed by atoms with Gasteiger partial charge in [0.25, 0.3) is 5.65 Å². The van der Waals surface area contributed by atoms with Crippen LogP contribution in [-0.2, 0) is 6.54 Å². The second-order valence-electron chi connectivity index (χ2n) is 3.32. The minimum Gasteiger partial charge on any atom is -0.466 e. The highest BCUT2D eigenvalue weighted by atomic mass is 16.3. The van der Waals surface area contributed by atoms with E-state index < -0.39 is 0 Å². The van der Waals surface area contributed by atoms with E-state index in [9.17, 15) is 0 Å². The van der Waals surface area contributed by atoms with Crippen LogP contribution in [0, 0.1) is 0 Å². The molecule has 3 aromatic rings. The van der Waals surface area contributed by atoms with Crippen LogP contribution in [-0.4, -0.2) is 15.0 Å². The Hall–Kier alpha value is -2.37. The molecule has 0 bridgehead atoms. The van der Waals surface area contributed by atoms with E-state index in [1.807, 2.05) is 18.3 Å². The van der Waals surface area contributed by atoms with Gasteiger partial charge < -0.3 is 9.40 Å². The molecule has 6 nitrogen and oxygen atoms in total. The fraction of sp³-hybridized carbons (Fsp3) is 0.100. The summed E-state index contributed by atoms with van der Waals surface area (Å²) in [6.07, 6.45) is 5.08. The predicted molar refractivity (Wildman–Crippen MR) is 56.5 cm³/mol. The first-order chi connectivity index (χ1) is 7.92. The third-order valence-corrected chi connectivity index (χ3v) is 2.23. The topological polar surface area (TPSA) is 80.9 Å². The van der Waals surface area contributed by atoms with Gasteiger partial charge in [0.1, 0.15) is 17.8 Å². The van der Waals surface area contributed by atoms with E-state index >= 15 is 0 Å². The Kier molecular flexibility index (Phi) is 2.03. The molecule has 6 heteroatoms. The first-order valence-corrected chi connectivity index (χ1v) is 4.90. The minimum absolute atomic E-state index is 0.590. The van der Waals surface area contributed by atoms with Crippen LogP contribution in [0.3, 0.4) is 0 Å². The maximum absolute atomic E-state index is 5.20. The highest BCUT2D eigenvalue weighted by molar-refractivity contribution is 5.68. The number of hydrogen-bond acceptors (Lipinski definition) is 4. The average molecular weight is 216 g/mol. The van der Waals surface area contributed by atoms with Crippen molar-refractivity contribution >= 4 is 17.1 Å². The molecule has 3 heterocycles. The summed E-state index contributed by atoms with van der Waals surface area (Å²) in [7, 11) is 0. The number of furan rings is 1. The fourth-order valence-corrected chi connectivity index (χ4v) is 1.45. The first-order valence-electron chi connectivity index (χ1n) is 4.90. The van der Waals surface area contributed by atoms with Crippen molar-refractivity contribution < 1.29 is 9.40 Å². The van der Waals surface area contributed by atoms with Gasteiger partial charge in [0.05, 0.1) is 18.8 Å². The second kappa shape index (κ2) is 3.65.